The largest absolute Gasteiger partial charge is 0.399 e. The summed E-state index contributed by atoms with van der Waals surface area (Å²) in [6.07, 6.45) is 2.36. The standard InChI is InChI=1S/C17H16F2N4OS.C11H14FN3S/c1-17(6-7-25-16(20)23-17)12-8-11(3-4-13(12)19)22-15(24)14-5-2-10(18)9-21-14;1-11(4-5-16-10(14)15-11)8-6-7(13)2-3-9(8)12/h2-5,8-9H,6-7H2,1H3,(H2,20,23)(H,22,24);2-3,6H,4-5,13H2,1H3,(H2,14,15)/t17-;11-/m00/s1. The number of thioether (sulfide) groups is 2. The minimum absolute atomic E-state index is 0.0646. The summed E-state index contributed by atoms with van der Waals surface area (Å²) < 4.78 is 41.0. The Balaban J connectivity index is 0.000000208. The number of aliphatic imine (C=N–C) groups is 2. The van der Waals surface area contributed by atoms with Crippen molar-refractivity contribution >= 4 is 51.1 Å². The highest BCUT2D eigenvalue weighted by Crippen LogP contribution is 2.38. The van der Waals surface area contributed by atoms with Gasteiger partial charge in [0.1, 0.15) is 23.1 Å². The van der Waals surface area contributed by atoms with Crippen LogP contribution in [0.3, 0.4) is 0 Å². The fraction of sp³-hybridized carbons (Fsp3) is 0.286. The van der Waals surface area contributed by atoms with Crippen molar-refractivity contribution in [2.24, 2.45) is 21.5 Å². The van der Waals surface area contributed by atoms with E-state index in [-0.39, 0.29) is 11.5 Å². The van der Waals surface area contributed by atoms with Crippen LogP contribution < -0.4 is 22.5 Å². The van der Waals surface area contributed by atoms with Gasteiger partial charge in [-0.15, -0.1) is 0 Å². The molecule has 13 heteroatoms. The van der Waals surface area contributed by atoms with Gasteiger partial charge in [-0.1, -0.05) is 23.5 Å². The van der Waals surface area contributed by atoms with Crippen LogP contribution in [0.4, 0.5) is 24.5 Å². The molecule has 3 heterocycles. The molecule has 216 valence electrons. The first kappa shape index (κ1) is 30.3. The Morgan fingerprint density at radius 2 is 1.39 bits per heavy atom. The van der Waals surface area contributed by atoms with Gasteiger partial charge in [0.25, 0.3) is 5.91 Å². The Morgan fingerprint density at radius 3 is 1.93 bits per heavy atom. The lowest BCUT2D eigenvalue weighted by Gasteiger charge is -2.30. The van der Waals surface area contributed by atoms with Crippen LogP contribution in [0.2, 0.25) is 0 Å². The highest BCUT2D eigenvalue weighted by atomic mass is 32.2. The number of hydrogen-bond donors (Lipinski definition) is 4. The molecule has 0 bridgehead atoms. The highest BCUT2D eigenvalue weighted by molar-refractivity contribution is 8.14. The molecule has 0 unspecified atom stereocenters. The first-order valence-corrected chi connectivity index (χ1v) is 14.6. The van der Waals surface area contributed by atoms with Gasteiger partial charge in [0.05, 0.1) is 17.3 Å². The topological polar surface area (TPSA) is 145 Å². The molecular formula is C28H30F3N7OS2. The molecule has 8 nitrogen and oxygen atoms in total. The van der Waals surface area contributed by atoms with Crippen molar-refractivity contribution < 1.29 is 18.0 Å². The Morgan fingerprint density at radius 1 is 0.829 bits per heavy atom. The van der Waals surface area contributed by atoms with Crippen molar-refractivity contribution in [1.29, 1.82) is 0 Å². The van der Waals surface area contributed by atoms with Crippen molar-refractivity contribution in [3.63, 3.8) is 0 Å². The zero-order valence-electron chi connectivity index (χ0n) is 22.5. The van der Waals surface area contributed by atoms with Gasteiger partial charge in [0.2, 0.25) is 0 Å². The number of halogens is 3. The molecule has 41 heavy (non-hydrogen) atoms. The number of benzene rings is 2. The minimum Gasteiger partial charge on any atom is -0.399 e. The number of carbonyl (C=O) groups is 1. The number of rotatable bonds is 4. The number of amides is 1. The Labute approximate surface area is 244 Å². The lowest BCUT2D eigenvalue weighted by Crippen LogP contribution is -2.29. The number of nitrogens with two attached hydrogens (primary N) is 3. The SMILES string of the molecule is C[C@@]1(c2cc(N)ccc2F)CCSC(N)=N1.C[C@@]1(c2cc(NC(=O)c3ccc(F)cn3)ccc2F)CCSC(N)=N1. The molecular weight excluding hydrogens is 571 g/mol. The molecule has 0 radical (unpaired) electrons. The molecule has 7 N–H and O–H groups in total. The van der Waals surface area contributed by atoms with E-state index in [2.05, 4.69) is 20.3 Å². The molecule has 2 atom stereocenters. The fourth-order valence-corrected chi connectivity index (χ4v) is 6.39. The quantitative estimate of drug-likeness (QED) is 0.295. The minimum atomic E-state index is -0.783. The second kappa shape index (κ2) is 12.4. The lowest BCUT2D eigenvalue weighted by atomic mass is 9.89. The molecule has 0 saturated carbocycles. The smallest absolute Gasteiger partial charge is 0.274 e. The monoisotopic (exact) mass is 601 g/mol. The third kappa shape index (κ3) is 7.33. The number of nitrogen functional groups attached to an aromatic ring is 1. The number of aromatic nitrogens is 1. The van der Waals surface area contributed by atoms with E-state index < -0.39 is 28.6 Å². The maximum absolute atomic E-state index is 14.3. The fourth-order valence-electron chi connectivity index (χ4n) is 4.44. The molecule has 0 fully saturated rings. The zero-order chi connectivity index (χ0) is 29.8. The first-order valence-electron chi connectivity index (χ1n) is 12.6. The van der Waals surface area contributed by atoms with Gasteiger partial charge in [-0.3, -0.25) is 14.8 Å². The Hall–Kier alpha value is -3.71. The summed E-state index contributed by atoms with van der Waals surface area (Å²) in [5.74, 6) is -0.144. The second-order valence-electron chi connectivity index (χ2n) is 9.89. The van der Waals surface area contributed by atoms with Gasteiger partial charge >= 0.3 is 0 Å². The molecule has 1 aromatic heterocycles. The van der Waals surface area contributed by atoms with Crippen LogP contribution >= 0.6 is 23.5 Å². The predicted octanol–water partition coefficient (Wildman–Crippen LogP) is 5.35. The van der Waals surface area contributed by atoms with Crippen LogP contribution in [0.25, 0.3) is 0 Å². The van der Waals surface area contributed by atoms with Gasteiger partial charge in [0.15, 0.2) is 10.3 Å². The van der Waals surface area contributed by atoms with Crippen LogP contribution in [-0.2, 0) is 11.1 Å². The molecule has 2 aliphatic heterocycles. The van der Waals surface area contributed by atoms with Gasteiger partial charge in [-0.2, -0.15) is 0 Å². The summed E-state index contributed by atoms with van der Waals surface area (Å²) in [5, 5.41) is 3.56. The number of hydrogen-bond acceptors (Lipinski definition) is 9. The van der Waals surface area contributed by atoms with E-state index >= 15 is 0 Å². The molecule has 2 aliphatic rings. The molecule has 5 rings (SSSR count). The van der Waals surface area contributed by atoms with Crippen molar-refractivity contribution in [3.8, 4) is 0 Å². The van der Waals surface area contributed by atoms with E-state index in [0.717, 1.165) is 30.2 Å². The maximum Gasteiger partial charge on any atom is 0.274 e. The van der Waals surface area contributed by atoms with Crippen LogP contribution in [-0.4, -0.2) is 32.7 Å². The maximum atomic E-state index is 14.3. The summed E-state index contributed by atoms with van der Waals surface area (Å²) >= 11 is 2.93. The third-order valence-electron chi connectivity index (χ3n) is 6.73. The number of carbonyl (C=O) groups excluding carboxylic acids is 1. The van der Waals surface area contributed by atoms with Crippen molar-refractivity contribution in [2.75, 3.05) is 22.6 Å². The summed E-state index contributed by atoms with van der Waals surface area (Å²) in [5.41, 5.74) is 17.7. The normalized spacial score (nSPS) is 22.1. The van der Waals surface area contributed by atoms with Crippen LogP contribution in [0, 0.1) is 17.5 Å². The predicted molar refractivity (Wildman–Crippen MR) is 161 cm³/mol. The van der Waals surface area contributed by atoms with E-state index in [1.54, 1.807) is 18.2 Å². The van der Waals surface area contributed by atoms with E-state index in [1.165, 1.54) is 47.8 Å². The van der Waals surface area contributed by atoms with Gasteiger partial charge < -0.3 is 22.5 Å². The van der Waals surface area contributed by atoms with Gasteiger partial charge in [-0.25, -0.2) is 18.2 Å². The van der Waals surface area contributed by atoms with E-state index in [0.29, 0.717) is 39.3 Å². The second-order valence-corrected chi connectivity index (χ2v) is 12.1. The molecule has 3 aromatic rings. The zero-order valence-corrected chi connectivity index (χ0v) is 24.1. The average Bonchev–Trinajstić information content (AvgIpc) is 2.91. The van der Waals surface area contributed by atoms with Gasteiger partial charge in [-0.05, 0) is 75.2 Å². The Kier molecular flexibility index (Phi) is 9.17. The molecule has 2 aromatic carbocycles. The summed E-state index contributed by atoms with van der Waals surface area (Å²) in [4.78, 5) is 24.6. The average molecular weight is 602 g/mol. The van der Waals surface area contributed by atoms with E-state index in [1.807, 2.05) is 13.8 Å². The highest BCUT2D eigenvalue weighted by Gasteiger charge is 2.33. The van der Waals surface area contributed by atoms with E-state index in [9.17, 15) is 18.0 Å². The molecule has 0 spiro atoms. The van der Waals surface area contributed by atoms with Crippen molar-refractivity contribution in [3.05, 3.63) is 89.0 Å². The van der Waals surface area contributed by atoms with E-state index in [4.69, 9.17) is 17.2 Å². The van der Waals surface area contributed by atoms with Crippen molar-refractivity contribution in [1.82, 2.24) is 4.98 Å². The molecule has 0 saturated heterocycles. The Bertz CT molecular complexity index is 1500. The van der Waals surface area contributed by atoms with Gasteiger partial charge in [0, 0.05) is 34.0 Å². The third-order valence-corrected chi connectivity index (χ3v) is 8.32. The van der Waals surface area contributed by atoms with Crippen LogP contribution in [0.1, 0.15) is 48.3 Å². The van der Waals surface area contributed by atoms with Crippen LogP contribution in [0.5, 0.6) is 0 Å². The first-order chi connectivity index (χ1) is 19.4. The summed E-state index contributed by atoms with van der Waals surface area (Å²) in [6.45, 7) is 3.70. The summed E-state index contributed by atoms with van der Waals surface area (Å²) in [6, 6.07) is 11.3. The number of nitrogens with zero attached hydrogens (tertiary/aromatic N) is 3. The number of nitrogens with one attached hydrogen (secondary N) is 1. The lowest BCUT2D eigenvalue weighted by molar-refractivity contribution is 0.102. The number of amidine groups is 2. The summed E-state index contributed by atoms with van der Waals surface area (Å²) in [7, 11) is 0. The molecule has 0 aliphatic carbocycles. The number of anilines is 2. The van der Waals surface area contributed by atoms with Crippen LogP contribution in [0.15, 0.2) is 64.7 Å². The van der Waals surface area contributed by atoms with Crippen molar-refractivity contribution in [2.45, 2.75) is 37.8 Å². The number of pyridine rings is 1. The molecule has 1 amide bonds.